The highest BCUT2D eigenvalue weighted by Crippen LogP contribution is 2.23. The Morgan fingerprint density at radius 1 is 1.47 bits per heavy atom. The second-order valence-electron chi connectivity index (χ2n) is 3.68. The van der Waals surface area contributed by atoms with Crippen molar-refractivity contribution in [2.24, 2.45) is 5.73 Å². The van der Waals surface area contributed by atoms with Crippen LogP contribution in [-0.4, -0.2) is 13.1 Å². The fourth-order valence-electron chi connectivity index (χ4n) is 1.30. The number of hydrogen-bond donors (Lipinski definition) is 1. The number of nitrogens with two attached hydrogens (primary N) is 1. The molecule has 1 aromatic rings. The molecule has 0 saturated heterocycles. The van der Waals surface area contributed by atoms with E-state index in [1.807, 2.05) is 31.2 Å². The van der Waals surface area contributed by atoms with Crippen LogP contribution in [0.1, 0.15) is 18.9 Å². The maximum absolute atomic E-state index is 11.2. The predicted octanol–water partition coefficient (Wildman–Crippen LogP) is 2.19. The van der Waals surface area contributed by atoms with E-state index < -0.39 is 5.54 Å². The van der Waals surface area contributed by atoms with E-state index in [1.165, 1.54) is 7.11 Å². The Labute approximate surface area is 97.7 Å². The first-order chi connectivity index (χ1) is 6.95. The molecular weight excluding hydrogens is 258 g/mol. The summed E-state index contributed by atoms with van der Waals surface area (Å²) in [5.74, 6) is -0.303. The Morgan fingerprint density at radius 3 is 2.47 bits per heavy atom. The van der Waals surface area contributed by atoms with Gasteiger partial charge in [0, 0.05) is 10.0 Å². The second-order valence-corrected chi connectivity index (χ2v) is 4.59. The van der Waals surface area contributed by atoms with E-state index in [-0.39, 0.29) is 12.4 Å². The number of benzene rings is 1. The molecule has 1 atom stereocenters. The molecule has 0 aliphatic heterocycles. The van der Waals surface area contributed by atoms with E-state index in [0.717, 1.165) is 10.0 Å². The van der Waals surface area contributed by atoms with Gasteiger partial charge in [-0.2, -0.15) is 0 Å². The Hall–Kier alpha value is -0.870. The minimum atomic E-state index is -0.687. The fraction of sp³-hybridized carbons (Fsp3) is 0.364. The lowest BCUT2D eigenvalue weighted by molar-refractivity contribution is -0.141. The molecule has 1 rings (SSSR count). The predicted molar refractivity (Wildman–Crippen MR) is 62.3 cm³/mol. The van der Waals surface area contributed by atoms with Gasteiger partial charge in [0.1, 0.15) is 0 Å². The highest BCUT2D eigenvalue weighted by Gasteiger charge is 2.25. The zero-order valence-electron chi connectivity index (χ0n) is 8.79. The molecule has 82 valence electrons. The van der Waals surface area contributed by atoms with Crippen molar-refractivity contribution in [3.8, 4) is 0 Å². The molecule has 0 heterocycles. The molecule has 0 aliphatic carbocycles. The Bertz CT molecular complexity index is 346. The average molecular weight is 272 g/mol. The smallest absolute Gasteiger partial charge is 0.307 e. The SMILES string of the molecule is COC(=O)C[C@](C)(N)c1ccc(Br)cc1. The fourth-order valence-corrected chi connectivity index (χ4v) is 1.57. The lowest BCUT2D eigenvalue weighted by Gasteiger charge is -2.23. The van der Waals surface area contributed by atoms with Gasteiger partial charge in [0.05, 0.1) is 13.5 Å². The topological polar surface area (TPSA) is 52.3 Å². The number of esters is 1. The normalized spacial score (nSPS) is 14.4. The van der Waals surface area contributed by atoms with Crippen LogP contribution in [0, 0.1) is 0 Å². The van der Waals surface area contributed by atoms with Crippen LogP contribution in [-0.2, 0) is 15.1 Å². The van der Waals surface area contributed by atoms with E-state index in [1.54, 1.807) is 0 Å². The highest BCUT2D eigenvalue weighted by molar-refractivity contribution is 9.10. The minimum absolute atomic E-state index is 0.172. The van der Waals surface area contributed by atoms with Gasteiger partial charge in [-0.25, -0.2) is 0 Å². The third-order valence-corrected chi connectivity index (χ3v) is 2.77. The van der Waals surface area contributed by atoms with Crippen LogP contribution in [0.15, 0.2) is 28.7 Å². The van der Waals surface area contributed by atoms with Gasteiger partial charge in [-0.05, 0) is 24.6 Å². The summed E-state index contributed by atoms with van der Waals surface area (Å²) in [7, 11) is 1.36. The van der Waals surface area contributed by atoms with Crippen LogP contribution in [0.4, 0.5) is 0 Å². The molecule has 0 bridgehead atoms. The van der Waals surface area contributed by atoms with Crippen molar-refractivity contribution in [3.05, 3.63) is 34.3 Å². The van der Waals surface area contributed by atoms with Crippen molar-refractivity contribution in [3.63, 3.8) is 0 Å². The van der Waals surface area contributed by atoms with Crippen LogP contribution in [0.5, 0.6) is 0 Å². The Morgan fingerprint density at radius 2 is 2.00 bits per heavy atom. The van der Waals surface area contributed by atoms with Crippen LogP contribution >= 0.6 is 15.9 Å². The van der Waals surface area contributed by atoms with Crippen molar-refractivity contribution < 1.29 is 9.53 Å². The van der Waals surface area contributed by atoms with Gasteiger partial charge < -0.3 is 10.5 Å². The first-order valence-corrected chi connectivity index (χ1v) is 5.37. The third-order valence-electron chi connectivity index (χ3n) is 2.24. The first kappa shape index (κ1) is 12.2. The largest absolute Gasteiger partial charge is 0.469 e. The number of methoxy groups -OCH3 is 1. The quantitative estimate of drug-likeness (QED) is 0.858. The molecule has 3 nitrogen and oxygen atoms in total. The molecule has 0 radical (unpaired) electrons. The summed E-state index contributed by atoms with van der Waals surface area (Å²) in [6, 6.07) is 7.59. The maximum atomic E-state index is 11.2. The van der Waals surface area contributed by atoms with E-state index in [0.29, 0.717) is 0 Å². The van der Waals surface area contributed by atoms with Crippen molar-refractivity contribution in [2.75, 3.05) is 7.11 Å². The number of halogens is 1. The maximum Gasteiger partial charge on any atom is 0.307 e. The molecule has 1 aromatic carbocycles. The average Bonchev–Trinajstić information content (AvgIpc) is 2.17. The van der Waals surface area contributed by atoms with Gasteiger partial charge in [-0.1, -0.05) is 28.1 Å². The summed E-state index contributed by atoms with van der Waals surface area (Å²) in [5.41, 5.74) is 6.27. The van der Waals surface area contributed by atoms with Gasteiger partial charge >= 0.3 is 5.97 Å². The zero-order valence-corrected chi connectivity index (χ0v) is 10.4. The second kappa shape index (κ2) is 4.77. The molecule has 0 saturated carbocycles. The van der Waals surface area contributed by atoms with E-state index in [2.05, 4.69) is 20.7 Å². The van der Waals surface area contributed by atoms with Crippen molar-refractivity contribution in [1.29, 1.82) is 0 Å². The highest BCUT2D eigenvalue weighted by atomic mass is 79.9. The minimum Gasteiger partial charge on any atom is -0.469 e. The lowest BCUT2D eigenvalue weighted by Crippen LogP contribution is -2.35. The third kappa shape index (κ3) is 3.32. The molecular formula is C11H14BrNO2. The monoisotopic (exact) mass is 271 g/mol. The number of ether oxygens (including phenoxy) is 1. The Kier molecular flexibility index (Phi) is 3.88. The van der Waals surface area contributed by atoms with Crippen LogP contribution in [0.3, 0.4) is 0 Å². The first-order valence-electron chi connectivity index (χ1n) is 4.57. The van der Waals surface area contributed by atoms with Crippen LogP contribution in [0.25, 0.3) is 0 Å². The lowest BCUT2D eigenvalue weighted by atomic mass is 9.90. The van der Waals surface area contributed by atoms with Crippen molar-refractivity contribution in [2.45, 2.75) is 18.9 Å². The summed E-state index contributed by atoms with van der Waals surface area (Å²) in [5, 5.41) is 0. The molecule has 0 aromatic heterocycles. The molecule has 2 N–H and O–H groups in total. The standard InChI is InChI=1S/C11H14BrNO2/c1-11(13,7-10(14)15-2)8-3-5-9(12)6-4-8/h3-6H,7,13H2,1-2H3/t11-/m0/s1. The van der Waals surface area contributed by atoms with Gasteiger partial charge in [-0.3, -0.25) is 4.79 Å². The number of rotatable bonds is 3. The molecule has 15 heavy (non-hydrogen) atoms. The van der Waals surface area contributed by atoms with Gasteiger partial charge in [0.2, 0.25) is 0 Å². The number of carbonyl (C=O) groups is 1. The Balaban J connectivity index is 2.85. The number of carbonyl (C=O) groups excluding carboxylic acids is 1. The zero-order chi connectivity index (χ0) is 11.5. The summed E-state index contributed by atoms with van der Waals surface area (Å²) in [6.07, 6.45) is 0.172. The summed E-state index contributed by atoms with van der Waals surface area (Å²) in [6.45, 7) is 1.81. The van der Waals surface area contributed by atoms with Gasteiger partial charge in [0.25, 0.3) is 0 Å². The molecule has 0 aliphatic rings. The molecule has 0 spiro atoms. The van der Waals surface area contributed by atoms with E-state index in [4.69, 9.17) is 5.73 Å². The molecule has 0 amide bonds. The molecule has 4 heteroatoms. The summed E-state index contributed by atoms with van der Waals surface area (Å²) in [4.78, 5) is 11.2. The van der Waals surface area contributed by atoms with Crippen LogP contribution < -0.4 is 5.73 Å². The van der Waals surface area contributed by atoms with E-state index >= 15 is 0 Å². The summed E-state index contributed by atoms with van der Waals surface area (Å²) >= 11 is 3.34. The number of hydrogen-bond acceptors (Lipinski definition) is 3. The van der Waals surface area contributed by atoms with Crippen LogP contribution in [0.2, 0.25) is 0 Å². The van der Waals surface area contributed by atoms with Crippen molar-refractivity contribution >= 4 is 21.9 Å². The van der Waals surface area contributed by atoms with Gasteiger partial charge in [-0.15, -0.1) is 0 Å². The summed E-state index contributed by atoms with van der Waals surface area (Å²) < 4.78 is 5.59. The van der Waals surface area contributed by atoms with E-state index in [9.17, 15) is 4.79 Å². The van der Waals surface area contributed by atoms with Crippen molar-refractivity contribution in [1.82, 2.24) is 0 Å². The molecule has 0 fully saturated rings. The van der Waals surface area contributed by atoms with Gasteiger partial charge in [0.15, 0.2) is 0 Å². The molecule has 0 unspecified atom stereocenters.